The molecule has 0 atom stereocenters. The Bertz CT molecular complexity index is 354. The van der Waals surface area contributed by atoms with Crippen LogP contribution in [0.3, 0.4) is 0 Å². The van der Waals surface area contributed by atoms with Gasteiger partial charge in [0.05, 0.1) is 6.61 Å². The summed E-state index contributed by atoms with van der Waals surface area (Å²) in [6, 6.07) is 10.3. The number of carboxylic acids is 1. The normalized spacial score (nSPS) is 10.8. The zero-order chi connectivity index (χ0) is 13.9. The minimum Gasteiger partial charge on any atom is -0.481 e. The summed E-state index contributed by atoms with van der Waals surface area (Å²) < 4.78 is 5.12. The molecule has 1 aromatic rings. The van der Waals surface area contributed by atoms with Gasteiger partial charge in [0.15, 0.2) is 0 Å². The number of carboxylic acid groups (broad SMARTS) is 1. The van der Waals surface area contributed by atoms with Crippen molar-refractivity contribution in [3.63, 3.8) is 0 Å². The summed E-state index contributed by atoms with van der Waals surface area (Å²) in [6.45, 7) is 3.37. The number of benzene rings is 1. The molecule has 0 saturated heterocycles. The molecule has 0 aliphatic heterocycles. The van der Waals surface area contributed by atoms with Crippen molar-refractivity contribution in [3.05, 3.63) is 35.9 Å². The molecule has 4 heteroatoms. The van der Waals surface area contributed by atoms with E-state index in [9.17, 15) is 4.79 Å². The van der Waals surface area contributed by atoms with Gasteiger partial charge in [-0.1, -0.05) is 30.3 Å². The Balaban J connectivity index is 2.36. The maximum Gasteiger partial charge on any atom is 0.303 e. The van der Waals surface area contributed by atoms with E-state index in [-0.39, 0.29) is 6.42 Å². The van der Waals surface area contributed by atoms with E-state index < -0.39 is 5.97 Å². The average molecular weight is 265 g/mol. The molecule has 0 aliphatic rings. The van der Waals surface area contributed by atoms with Crippen LogP contribution in [-0.4, -0.2) is 42.8 Å². The Kier molecular flexibility index (Phi) is 7.86. The zero-order valence-corrected chi connectivity index (χ0v) is 11.5. The smallest absolute Gasteiger partial charge is 0.303 e. The zero-order valence-electron chi connectivity index (χ0n) is 11.5. The van der Waals surface area contributed by atoms with E-state index in [4.69, 9.17) is 9.84 Å². The molecule has 106 valence electrons. The molecule has 0 aromatic heterocycles. The molecule has 0 saturated carbocycles. The van der Waals surface area contributed by atoms with E-state index >= 15 is 0 Å². The maximum atomic E-state index is 10.5. The van der Waals surface area contributed by atoms with Crippen LogP contribution < -0.4 is 0 Å². The van der Waals surface area contributed by atoms with Gasteiger partial charge in [0, 0.05) is 26.6 Å². The number of hydrogen-bond acceptors (Lipinski definition) is 3. The van der Waals surface area contributed by atoms with E-state index in [1.807, 2.05) is 18.2 Å². The molecule has 0 unspecified atom stereocenters. The van der Waals surface area contributed by atoms with Gasteiger partial charge in [-0.05, 0) is 24.9 Å². The number of methoxy groups -OCH3 is 1. The minimum atomic E-state index is -0.716. The molecule has 1 rings (SSSR count). The number of nitrogens with zero attached hydrogens (tertiary/aromatic N) is 1. The molecule has 0 aliphatic carbocycles. The van der Waals surface area contributed by atoms with Crippen molar-refractivity contribution in [1.82, 2.24) is 4.90 Å². The quantitative estimate of drug-likeness (QED) is 0.660. The highest BCUT2D eigenvalue weighted by Crippen LogP contribution is 2.06. The van der Waals surface area contributed by atoms with Crippen molar-refractivity contribution in [1.29, 1.82) is 0 Å². The topological polar surface area (TPSA) is 49.8 Å². The van der Waals surface area contributed by atoms with Crippen LogP contribution in [0.5, 0.6) is 0 Å². The number of hydrogen-bond donors (Lipinski definition) is 1. The Labute approximate surface area is 115 Å². The SMILES string of the molecule is COCCN(CCCCC(=O)O)Cc1ccccc1. The third-order valence-electron chi connectivity index (χ3n) is 2.98. The predicted molar refractivity (Wildman–Crippen MR) is 75.1 cm³/mol. The number of ether oxygens (including phenoxy) is 1. The number of unbranched alkanes of at least 4 members (excludes halogenated alkanes) is 1. The van der Waals surface area contributed by atoms with Crippen LogP contribution in [0.2, 0.25) is 0 Å². The lowest BCUT2D eigenvalue weighted by atomic mass is 10.2. The summed E-state index contributed by atoms with van der Waals surface area (Å²) in [4.78, 5) is 12.8. The van der Waals surface area contributed by atoms with Crippen molar-refractivity contribution in [2.75, 3.05) is 26.8 Å². The molecule has 0 bridgehead atoms. The highest BCUT2D eigenvalue weighted by Gasteiger charge is 2.06. The first-order valence-corrected chi connectivity index (χ1v) is 6.69. The lowest BCUT2D eigenvalue weighted by Gasteiger charge is -2.21. The van der Waals surface area contributed by atoms with E-state index in [1.165, 1.54) is 5.56 Å². The van der Waals surface area contributed by atoms with Crippen molar-refractivity contribution < 1.29 is 14.6 Å². The van der Waals surface area contributed by atoms with E-state index in [0.717, 1.165) is 32.5 Å². The van der Waals surface area contributed by atoms with Crippen LogP contribution in [-0.2, 0) is 16.1 Å². The second kappa shape index (κ2) is 9.53. The molecular weight excluding hydrogens is 242 g/mol. The Hall–Kier alpha value is -1.39. The summed E-state index contributed by atoms with van der Waals surface area (Å²) in [7, 11) is 1.70. The average Bonchev–Trinajstić information content (AvgIpc) is 2.41. The molecular formula is C15H23NO3. The Morgan fingerprint density at radius 3 is 2.58 bits per heavy atom. The minimum absolute atomic E-state index is 0.253. The second-order valence-corrected chi connectivity index (χ2v) is 4.61. The summed E-state index contributed by atoms with van der Waals surface area (Å²) in [6.07, 6.45) is 1.89. The Morgan fingerprint density at radius 1 is 1.21 bits per heavy atom. The molecule has 0 spiro atoms. The van der Waals surface area contributed by atoms with Crippen molar-refractivity contribution in [2.45, 2.75) is 25.8 Å². The van der Waals surface area contributed by atoms with Gasteiger partial charge >= 0.3 is 5.97 Å². The number of aliphatic carboxylic acids is 1. The van der Waals surface area contributed by atoms with Crippen LogP contribution in [0.4, 0.5) is 0 Å². The van der Waals surface area contributed by atoms with Gasteiger partial charge in [0.1, 0.15) is 0 Å². The predicted octanol–water partition coefficient (Wildman–Crippen LogP) is 2.39. The lowest BCUT2D eigenvalue weighted by molar-refractivity contribution is -0.137. The molecule has 0 heterocycles. The van der Waals surface area contributed by atoms with Gasteiger partial charge in [-0.2, -0.15) is 0 Å². The van der Waals surface area contributed by atoms with Gasteiger partial charge < -0.3 is 9.84 Å². The van der Waals surface area contributed by atoms with Crippen molar-refractivity contribution in [3.8, 4) is 0 Å². The van der Waals surface area contributed by atoms with Gasteiger partial charge in [-0.15, -0.1) is 0 Å². The van der Waals surface area contributed by atoms with Gasteiger partial charge in [0.2, 0.25) is 0 Å². The fourth-order valence-electron chi connectivity index (χ4n) is 1.94. The van der Waals surface area contributed by atoms with Crippen molar-refractivity contribution >= 4 is 5.97 Å². The maximum absolute atomic E-state index is 10.5. The summed E-state index contributed by atoms with van der Waals surface area (Å²) in [5.41, 5.74) is 1.27. The second-order valence-electron chi connectivity index (χ2n) is 4.61. The fraction of sp³-hybridized carbons (Fsp3) is 0.533. The van der Waals surface area contributed by atoms with Crippen molar-refractivity contribution in [2.24, 2.45) is 0 Å². The summed E-state index contributed by atoms with van der Waals surface area (Å²) in [5.74, 6) is -0.716. The van der Waals surface area contributed by atoms with Crippen LogP contribution in [0, 0.1) is 0 Å². The third-order valence-corrected chi connectivity index (χ3v) is 2.98. The monoisotopic (exact) mass is 265 g/mol. The highest BCUT2D eigenvalue weighted by molar-refractivity contribution is 5.66. The summed E-state index contributed by atoms with van der Waals surface area (Å²) >= 11 is 0. The van der Waals surface area contributed by atoms with Gasteiger partial charge in [0.25, 0.3) is 0 Å². The van der Waals surface area contributed by atoms with Crippen LogP contribution >= 0.6 is 0 Å². The fourth-order valence-corrected chi connectivity index (χ4v) is 1.94. The van der Waals surface area contributed by atoms with E-state index in [0.29, 0.717) is 6.61 Å². The first kappa shape index (κ1) is 15.7. The third kappa shape index (κ3) is 7.59. The first-order valence-electron chi connectivity index (χ1n) is 6.69. The highest BCUT2D eigenvalue weighted by atomic mass is 16.5. The standard InChI is InChI=1S/C15H23NO3/c1-19-12-11-16(10-6-5-9-15(17)18)13-14-7-3-2-4-8-14/h2-4,7-8H,5-6,9-13H2,1H3,(H,17,18). The molecule has 4 nitrogen and oxygen atoms in total. The van der Waals surface area contributed by atoms with Gasteiger partial charge in [-0.3, -0.25) is 9.69 Å². The summed E-state index contributed by atoms with van der Waals surface area (Å²) in [5, 5.41) is 8.62. The van der Waals surface area contributed by atoms with Crippen LogP contribution in [0.25, 0.3) is 0 Å². The molecule has 1 N–H and O–H groups in total. The van der Waals surface area contributed by atoms with E-state index in [2.05, 4.69) is 17.0 Å². The first-order chi connectivity index (χ1) is 9.22. The molecule has 19 heavy (non-hydrogen) atoms. The molecule has 1 aromatic carbocycles. The molecule has 0 radical (unpaired) electrons. The number of carbonyl (C=O) groups is 1. The van der Waals surface area contributed by atoms with Crippen LogP contribution in [0.1, 0.15) is 24.8 Å². The lowest BCUT2D eigenvalue weighted by Crippen LogP contribution is -2.28. The van der Waals surface area contributed by atoms with Gasteiger partial charge in [-0.25, -0.2) is 0 Å². The van der Waals surface area contributed by atoms with E-state index in [1.54, 1.807) is 7.11 Å². The number of rotatable bonds is 10. The van der Waals surface area contributed by atoms with Crippen LogP contribution in [0.15, 0.2) is 30.3 Å². The molecule has 0 amide bonds. The Morgan fingerprint density at radius 2 is 1.95 bits per heavy atom. The largest absolute Gasteiger partial charge is 0.481 e. The molecule has 0 fully saturated rings.